The molecule has 0 aliphatic carbocycles. The van der Waals surface area contributed by atoms with Gasteiger partial charge in [-0.15, -0.1) is 11.8 Å². The van der Waals surface area contributed by atoms with Crippen LogP contribution in [0.4, 0.5) is 5.69 Å². The number of rotatable bonds is 6. The van der Waals surface area contributed by atoms with Crippen molar-refractivity contribution in [3.8, 4) is 5.75 Å². The molecule has 2 aromatic rings. The first kappa shape index (κ1) is 15.9. The van der Waals surface area contributed by atoms with Gasteiger partial charge in [-0.05, 0) is 49.4 Å². The number of hydrogen-bond acceptors (Lipinski definition) is 3. The first-order valence-electron chi connectivity index (χ1n) is 6.58. The van der Waals surface area contributed by atoms with Gasteiger partial charge in [0.15, 0.2) is 0 Å². The Morgan fingerprint density at radius 1 is 1.24 bits per heavy atom. The summed E-state index contributed by atoms with van der Waals surface area (Å²) in [5.74, 6) is 1.20. The van der Waals surface area contributed by atoms with Crippen LogP contribution in [-0.2, 0) is 4.79 Å². The van der Waals surface area contributed by atoms with Crippen LogP contribution in [-0.4, -0.2) is 18.3 Å². The number of ether oxygens (including phenoxy) is 1. The van der Waals surface area contributed by atoms with Gasteiger partial charge < -0.3 is 10.1 Å². The summed E-state index contributed by atoms with van der Waals surface area (Å²) in [5, 5.41) is 2.87. The first-order valence-corrected chi connectivity index (χ1v) is 8.36. The molecular formula is C16H16BrNO2S. The van der Waals surface area contributed by atoms with Gasteiger partial charge in [0.2, 0.25) is 5.91 Å². The number of carbonyl (C=O) groups is 1. The predicted molar refractivity (Wildman–Crippen MR) is 91.1 cm³/mol. The Morgan fingerprint density at radius 3 is 2.67 bits per heavy atom. The summed E-state index contributed by atoms with van der Waals surface area (Å²) in [6.45, 7) is 2.61. The number of carbonyl (C=O) groups excluding carboxylic acids is 1. The zero-order valence-electron chi connectivity index (χ0n) is 11.6. The molecule has 0 unspecified atom stereocenters. The molecule has 1 N–H and O–H groups in total. The van der Waals surface area contributed by atoms with E-state index in [0.717, 1.165) is 20.8 Å². The quantitative estimate of drug-likeness (QED) is 0.761. The maximum absolute atomic E-state index is 11.9. The minimum atomic E-state index is -0.0213. The molecule has 0 saturated carbocycles. The van der Waals surface area contributed by atoms with Gasteiger partial charge in [-0.2, -0.15) is 0 Å². The van der Waals surface area contributed by atoms with Crippen LogP contribution in [0.25, 0.3) is 0 Å². The number of benzene rings is 2. The smallest absolute Gasteiger partial charge is 0.234 e. The highest BCUT2D eigenvalue weighted by Gasteiger charge is 2.04. The lowest BCUT2D eigenvalue weighted by Gasteiger charge is -2.06. The summed E-state index contributed by atoms with van der Waals surface area (Å²) >= 11 is 4.88. The van der Waals surface area contributed by atoms with Crippen molar-refractivity contribution in [3.05, 3.63) is 53.0 Å². The van der Waals surface area contributed by atoms with Crippen molar-refractivity contribution in [1.29, 1.82) is 0 Å². The highest BCUT2D eigenvalue weighted by Crippen LogP contribution is 2.22. The summed E-state index contributed by atoms with van der Waals surface area (Å²) in [4.78, 5) is 12.9. The standard InChI is InChI=1S/C16H16BrNO2S/c1-2-20-14-6-8-15(9-7-14)21-11-16(19)18-13-5-3-4-12(17)10-13/h3-10H,2,11H2,1H3,(H,18,19). The second-order valence-corrected chi connectivity index (χ2v) is 6.22. The molecule has 2 aromatic carbocycles. The van der Waals surface area contributed by atoms with Crippen LogP contribution in [0, 0.1) is 0 Å². The molecule has 0 radical (unpaired) electrons. The third-order valence-electron chi connectivity index (χ3n) is 2.61. The van der Waals surface area contributed by atoms with Crippen LogP contribution >= 0.6 is 27.7 Å². The molecule has 0 heterocycles. The van der Waals surface area contributed by atoms with E-state index in [1.165, 1.54) is 11.8 Å². The predicted octanol–water partition coefficient (Wildman–Crippen LogP) is 4.58. The van der Waals surface area contributed by atoms with E-state index in [1.807, 2.05) is 55.5 Å². The van der Waals surface area contributed by atoms with Crippen molar-refractivity contribution in [2.75, 3.05) is 17.7 Å². The van der Waals surface area contributed by atoms with Gasteiger partial charge in [0, 0.05) is 15.1 Å². The molecule has 21 heavy (non-hydrogen) atoms. The fourth-order valence-corrected chi connectivity index (χ4v) is 2.81. The van der Waals surface area contributed by atoms with Gasteiger partial charge in [-0.25, -0.2) is 0 Å². The van der Waals surface area contributed by atoms with Crippen molar-refractivity contribution in [2.45, 2.75) is 11.8 Å². The van der Waals surface area contributed by atoms with Crippen molar-refractivity contribution in [2.24, 2.45) is 0 Å². The van der Waals surface area contributed by atoms with Gasteiger partial charge >= 0.3 is 0 Å². The average Bonchev–Trinajstić information content (AvgIpc) is 2.47. The highest BCUT2D eigenvalue weighted by atomic mass is 79.9. The fraction of sp³-hybridized carbons (Fsp3) is 0.188. The van der Waals surface area contributed by atoms with Crippen LogP contribution in [0.15, 0.2) is 57.9 Å². The Bertz CT molecular complexity index is 601. The summed E-state index contributed by atoms with van der Waals surface area (Å²) in [6, 6.07) is 15.3. The Labute approximate surface area is 137 Å². The molecule has 3 nitrogen and oxygen atoms in total. The maximum atomic E-state index is 11.9. The molecule has 0 spiro atoms. The van der Waals surface area contributed by atoms with E-state index in [0.29, 0.717) is 12.4 Å². The average molecular weight is 366 g/mol. The first-order chi connectivity index (χ1) is 10.2. The van der Waals surface area contributed by atoms with Crippen molar-refractivity contribution in [1.82, 2.24) is 0 Å². The molecule has 1 amide bonds. The van der Waals surface area contributed by atoms with Gasteiger partial charge in [0.1, 0.15) is 5.75 Å². The largest absolute Gasteiger partial charge is 0.494 e. The van der Waals surface area contributed by atoms with Crippen LogP contribution in [0.3, 0.4) is 0 Å². The summed E-state index contributed by atoms with van der Waals surface area (Å²) in [5.41, 5.74) is 0.793. The third kappa shape index (κ3) is 5.44. The summed E-state index contributed by atoms with van der Waals surface area (Å²) < 4.78 is 6.33. The van der Waals surface area contributed by atoms with Crippen LogP contribution in [0.5, 0.6) is 5.75 Å². The molecule has 0 saturated heterocycles. The van der Waals surface area contributed by atoms with E-state index in [-0.39, 0.29) is 5.91 Å². The van der Waals surface area contributed by atoms with Crippen molar-refractivity contribution in [3.63, 3.8) is 0 Å². The molecule has 0 aliphatic heterocycles. The van der Waals surface area contributed by atoms with E-state index in [1.54, 1.807) is 0 Å². The molecule has 110 valence electrons. The topological polar surface area (TPSA) is 38.3 Å². The van der Waals surface area contributed by atoms with Crippen molar-refractivity contribution >= 4 is 39.3 Å². The Morgan fingerprint density at radius 2 is 2.00 bits per heavy atom. The molecule has 0 atom stereocenters. The Balaban J connectivity index is 1.83. The number of hydrogen-bond donors (Lipinski definition) is 1. The van der Waals surface area contributed by atoms with Crippen LogP contribution in [0.1, 0.15) is 6.92 Å². The lowest BCUT2D eigenvalue weighted by Crippen LogP contribution is -2.13. The number of amides is 1. The SMILES string of the molecule is CCOc1ccc(SCC(=O)Nc2cccc(Br)c2)cc1. The maximum Gasteiger partial charge on any atom is 0.234 e. The van der Waals surface area contributed by atoms with Crippen LogP contribution in [0.2, 0.25) is 0 Å². The lowest BCUT2D eigenvalue weighted by molar-refractivity contribution is -0.113. The molecule has 0 bridgehead atoms. The normalized spacial score (nSPS) is 10.2. The van der Waals surface area contributed by atoms with Gasteiger partial charge in [0.25, 0.3) is 0 Å². The lowest BCUT2D eigenvalue weighted by atomic mass is 10.3. The van der Waals surface area contributed by atoms with E-state index in [4.69, 9.17) is 4.74 Å². The zero-order chi connectivity index (χ0) is 15.1. The second kappa shape index (κ2) is 8.10. The monoisotopic (exact) mass is 365 g/mol. The molecule has 0 aromatic heterocycles. The summed E-state index contributed by atoms with van der Waals surface area (Å²) in [7, 11) is 0. The number of nitrogens with one attached hydrogen (secondary N) is 1. The molecule has 0 fully saturated rings. The van der Waals surface area contributed by atoms with E-state index < -0.39 is 0 Å². The molecular weight excluding hydrogens is 350 g/mol. The zero-order valence-corrected chi connectivity index (χ0v) is 14.0. The fourth-order valence-electron chi connectivity index (χ4n) is 1.71. The van der Waals surface area contributed by atoms with E-state index in [2.05, 4.69) is 21.2 Å². The van der Waals surface area contributed by atoms with Gasteiger partial charge in [-0.3, -0.25) is 4.79 Å². The molecule has 0 aliphatic rings. The number of halogens is 1. The van der Waals surface area contributed by atoms with Gasteiger partial charge in [-0.1, -0.05) is 22.0 Å². The highest BCUT2D eigenvalue weighted by molar-refractivity contribution is 9.10. The third-order valence-corrected chi connectivity index (χ3v) is 4.12. The van der Waals surface area contributed by atoms with Crippen LogP contribution < -0.4 is 10.1 Å². The summed E-state index contributed by atoms with van der Waals surface area (Å²) in [6.07, 6.45) is 0. The molecule has 5 heteroatoms. The minimum Gasteiger partial charge on any atom is -0.494 e. The molecule has 2 rings (SSSR count). The second-order valence-electron chi connectivity index (χ2n) is 4.25. The van der Waals surface area contributed by atoms with E-state index in [9.17, 15) is 4.79 Å². The van der Waals surface area contributed by atoms with Gasteiger partial charge in [0.05, 0.1) is 12.4 Å². The number of anilines is 1. The Hall–Kier alpha value is -1.46. The number of thioether (sulfide) groups is 1. The van der Waals surface area contributed by atoms with Crippen molar-refractivity contribution < 1.29 is 9.53 Å². The Kier molecular flexibility index (Phi) is 6.14. The van der Waals surface area contributed by atoms with E-state index >= 15 is 0 Å². The minimum absolute atomic E-state index is 0.0213.